The number of nitrogens with zero attached hydrogens (tertiary/aromatic N) is 2. The molecule has 0 amide bonds. The second-order valence-corrected chi connectivity index (χ2v) is 8.66. The molecule has 3 heteroatoms. The van der Waals surface area contributed by atoms with Gasteiger partial charge >= 0.3 is 0 Å². The van der Waals surface area contributed by atoms with E-state index in [1.807, 2.05) is 19.2 Å². The number of hydrogen-bond acceptors (Lipinski definition) is 1. The lowest BCUT2D eigenvalue weighted by Gasteiger charge is -2.09. The van der Waals surface area contributed by atoms with Gasteiger partial charge in [0.25, 0.3) is 0 Å². The van der Waals surface area contributed by atoms with Crippen LogP contribution in [-0.2, 0) is 0 Å². The Balaban J connectivity index is 1.59. The van der Waals surface area contributed by atoms with Gasteiger partial charge in [0.05, 0.1) is 5.52 Å². The van der Waals surface area contributed by atoms with Crippen LogP contribution in [0.5, 0.6) is 0 Å². The van der Waals surface area contributed by atoms with Crippen molar-refractivity contribution in [3.8, 4) is 16.8 Å². The van der Waals surface area contributed by atoms with Gasteiger partial charge in [0.1, 0.15) is 5.82 Å². The molecule has 164 valence electrons. The monoisotopic (exact) mass is 439 g/mol. The van der Waals surface area contributed by atoms with E-state index in [9.17, 15) is 0 Å². The van der Waals surface area contributed by atoms with Crippen LogP contribution in [0.4, 0.5) is 5.82 Å². The molecule has 0 aliphatic rings. The van der Waals surface area contributed by atoms with Crippen LogP contribution in [0.25, 0.3) is 55.6 Å². The Hall–Kier alpha value is -4.37. The minimum atomic E-state index is 0.903. The first-order valence-corrected chi connectivity index (χ1v) is 11.6. The van der Waals surface area contributed by atoms with Crippen molar-refractivity contribution in [2.24, 2.45) is 4.99 Å². The molecule has 1 N–H and O–H groups in total. The molecular formula is C31H25N3. The van der Waals surface area contributed by atoms with Crippen molar-refractivity contribution in [3.05, 3.63) is 103 Å². The molecule has 0 atom stereocenters. The van der Waals surface area contributed by atoms with E-state index in [1.165, 1.54) is 27.5 Å². The highest BCUT2D eigenvalue weighted by molar-refractivity contribution is 6.09. The highest BCUT2D eigenvalue weighted by Crippen LogP contribution is 2.39. The molecule has 0 saturated carbocycles. The van der Waals surface area contributed by atoms with Crippen molar-refractivity contribution >= 4 is 50.8 Å². The third-order valence-corrected chi connectivity index (χ3v) is 6.57. The maximum atomic E-state index is 4.75. The number of H-pyrrole nitrogens is 1. The van der Waals surface area contributed by atoms with Gasteiger partial charge in [0.15, 0.2) is 0 Å². The SMILES string of the molecule is C=Cc1c(/N=C\C)n(-c2ccc(C)cc2)c2ccc(-c3ccc4[nH]c5ccccc5c4c3)cc12. The van der Waals surface area contributed by atoms with Crippen molar-refractivity contribution in [3.63, 3.8) is 0 Å². The lowest BCUT2D eigenvalue weighted by atomic mass is 10.0. The third-order valence-electron chi connectivity index (χ3n) is 6.57. The molecule has 0 saturated heterocycles. The summed E-state index contributed by atoms with van der Waals surface area (Å²) < 4.78 is 2.22. The summed E-state index contributed by atoms with van der Waals surface area (Å²) in [5, 5.41) is 3.63. The van der Waals surface area contributed by atoms with Crippen LogP contribution in [0.1, 0.15) is 18.1 Å². The van der Waals surface area contributed by atoms with Crippen molar-refractivity contribution in [2.45, 2.75) is 13.8 Å². The summed E-state index contributed by atoms with van der Waals surface area (Å²) in [4.78, 5) is 8.27. The fraction of sp³-hybridized carbons (Fsp3) is 0.0645. The maximum Gasteiger partial charge on any atom is 0.145 e. The third kappa shape index (κ3) is 3.09. The molecule has 0 unspecified atom stereocenters. The molecule has 0 radical (unpaired) electrons. The number of para-hydroxylation sites is 1. The molecule has 34 heavy (non-hydrogen) atoms. The molecule has 0 aliphatic carbocycles. The lowest BCUT2D eigenvalue weighted by molar-refractivity contribution is 1.11. The van der Waals surface area contributed by atoms with Gasteiger partial charge < -0.3 is 4.98 Å². The van der Waals surface area contributed by atoms with E-state index in [2.05, 4.69) is 108 Å². The molecule has 2 aromatic heterocycles. The predicted octanol–water partition coefficient (Wildman–Crippen LogP) is 8.61. The molecule has 6 rings (SSSR count). The highest BCUT2D eigenvalue weighted by Gasteiger charge is 2.17. The Bertz CT molecular complexity index is 1730. The first kappa shape index (κ1) is 20.3. The fourth-order valence-electron chi connectivity index (χ4n) is 4.92. The number of nitrogens with one attached hydrogen (secondary N) is 1. The number of aromatic amines is 1. The summed E-state index contributed by atoms with van der Waals surface area (Å²) in [6.45, 7) is 8.18. The molecule has 6 aromatic rings. The van der Waals surface area contributed by atoms with Crippen molar-refractivity contribution in [1.29, 1.82) is 0 Å². The van der Waals surface area contributed by atoms with Gasteiger partial charge in [0.2, 0.25) is 0 Å². The molecular weight excluding hydrogens is 414 g/mol. The van der Waals surface area contributed by atoms with Crippen LogP contribution >= 0.6 is 0 Å². The minimum absolute atomic E-state index is 0.903. The van der Waals surface area contributed by atoms with Gasteiger partial charge in [-0.15, -0.1) is 0 Å². The lowest BCUT2D eigenvalue weighted by Crippen LogP contribution is -1.93. The summed E-state index contributed by atoms with van der Waals surface area (Å²) >= 11 is 0. The number of benzene rings is 4. The first-order chi connectivity index (χ1) is 16.7. The van der Waals surface area contributed by atoms with E-state index in [4.69, 9.17) is 4.99 Å². The van der Waals surface area contributed by atoms with Crippen LogP contribution in [0, 0.1) is 6.92 Å². The Labute approximate surface area is 198 Å². The Morgan fingerprint density at radius 1 is 0.794 bits per heavy atom. The molecule has 4 aromatic carbocycles. The average Bonchev–Trinajstić information content (AvgIpc) is 3.39. The summed E-state index contributed by atoms with van der Waals surface area (Å²) in [6, 6.07) is 30.3. The van der Waals surface area contributed by atoms with Crippen LogP contribution in [0.2, 0.25) is 0 Å². The topological polar surface area (TPSA) is 33.1 Å². The zero-order valence-electron chi connectivity index (χ0n) is 19.3. The molecule has 2 heterocycles. The number of rotatable bonds is 4. The standard InChI is InChI=1S/C31H25N3/c1-4-24-27-19-22(21-12-16-29-26(18-21)25-8-6-7-9-28(25)33-29)13-17-30(27)34(31(24)32-5-2)23-14-10-20(3)11-15-23/h4-19,33H,1H2,2-3H3/b32-5-. The molecule has 0 fully saturated rings. The smallest absolute Gasteiger partial charge is 0.145 e. The maximum absolute atomic E-state index is 4.75. The number of aliphatic imine (C=N–C) groups is 1. The highest BCUT2D eigenvalue weighted by atomic mass is 15.1. The van der Waals surface area contributed by atoms with E-state index < -0.39 is 0 Å². The average molecular weight is 440 g/mol. The normalized spacial score (nSPS) is 11.8. The van der Waals surface area contributed by atoms with Gasteiger partial charge in [-0.05, 0) is 67.4 Å². The zero-order chi connectivity index (χ0) is 23.2. The zero-order valence-corrected chi connectivity index (χ0v) is 19.3. The van der Waals surface area contributed by atoms with Gasteiger partial charge in [-0.2, -0.15) is 0 Å². The summed E-state index contributed by atoms with van der Waals surface area (Å²) in [6.07, 6.45) is 3.76. The van der Waals surface area contributed by atoms with E-state index >= 15 is 0 Å². The van der Waals surface area contributed by atoms with Crippen molar-refractivity contribution in [1.82, 2.24) is 9.55 Å². The number of aromatic nitrogens is 2. The second-order valence-electron chi connectivity index (χ2n) is 8.66. The number of hydrogen-bond donors (Lipinski definition) is 1. The van der Waals surface area contributed by atoms with Crippen molar-refractivity contribution < 1.29 is 0 Å². The summed E-state index contributed by atoms with van der Waals surface area (Å²) in [5.74, 6) is 0.903. The van der Waals surface area contributed by atoms with E-state index in [0.29, 0.717) is 0 Å². The Morgan fingerprint density at radius 3 is 2.26 bits per heavy atom. The van der Waals surface area contributed by atoms with Crippen LogP contribution < -0.4 is 0 Å². The first-order valence-electron chi connectivity index (χ1n) is 11.6. The van der Waals surface area contributed by atoms with E-state index in [-0.39, 0.29) is 0 Å². The van der Waals surface area contributed by atoms with Crippen LogP contribution in [-0.4, -0.2) is 15.8 Å². The molecule has 3 nitrogen and oxygen atoms in total. The van der Waals surface area contributed by atoms with E-state index in [1.54, 1.807) is 0 Å². The van der Waals surface area contributed by atoms with E-state index in [0.717, 1.165) is 39.0 Å². The largest absolute Gasteiger partial charge is 0.355 e. The van der Waals surface area contributed by atoms with Gasteiger partial charge in [-0.25, -0.2) is 4.99 Å². The molecule has 0 aliphatic heterocycles. The molecule has 0 spiro atoms. The van der Waals surface area contributed by atoms with Gasteiger partial charge in [-0.1, -0.05) is 60.7 Å². The Kier molecular flexibility index (Phi) is 4.70. The van der Waals surface area contributed by atoms with Crippen molar-refractivity contribution in [2.75, 3.05) is 0 Å². The van der Waals surface area contributed by atoms with Crippen LogP contribution in [0.3, 0.4) is 0 Å². The fourth-order valence-corrected chi connectivity index (χ4v) is 4.92. The quantitative estimate of drug-likeness (QED) is 0.267. The van der Waals surface area contributed by atoms with Crippen LogP contribution in [0.15, 0.2) is 96.5 Å². The van der Waals surface area contributed by atoms with Gasteiger partial charge in [0, 0.05) is 44.7 Å². The summed E-state index contributed by atoms with van der Waals surface area (Å²) in [7, 11) is 0. The number of aryl methyl sites for hydroxylation is 1. The second kappa shape index (κ2) is 7.89. The predicted molar refractivity (Wildman–Crippen MR) is 147 cm³/mol. The molecule has 0 bridgehead atoms. The Morgan fingerprint density at radius 2 is 1.50 bits per heavy atom. The minimum Gasteiger partial charge on any atom is -0.355 e. The summed E-state index contributed by atoms with van der Waals surface area (Å²) in [5.41, 5.74) is 9.18. The van der Waals surface area contributed by atoms with Gasteiger partial charge in [-0.3, -0.25) is 4.57 Å². The number of fused-ring (bicyclic) bond motifs is 4.